The van der Waals surface area contributed by atoms with Crippen LogP contribution in [-0.4, -0.2) is 30.4 Å². The lowest BCUT2D eigenvalue weighted by molar-refractivity contribution is 0.197. The summed E-state index contributed by atoms with van der Waals surface area (Å²) in [5, 5.41) is 7.10. The molecular formula is C10H17N3O2. The molecule has 0 aliphatic heterocycles. The van der Waals surface area contributed by atoms with E-state index in [1.54, 1.807) is 7.11 Å². The molecule has 0 saturated heterocycles. The van der Waals surface area contributed by atoms with E-state index in [1.165, 1.54) is 12.8 Å². The Bertz CT molecular complexity index is 297. The fraction of sp³-hybridized carbons (Fsp3) is 0.800. The highest BCUT2D eigenvalue weighted by molar-refractivity contribution is 4.91. The van der Waals surface area contributed by atoms with Gasteiger partial charge in [-0.2, -0.15) is 4.98 Å². The molecule has 1 fully saturated rings. The Morgan fingerprint density at radius 2 is 2.40 bits per heavy atom. The van der Waals surface area contributed by atoms with Crippen LogP contribution < -0.4 is 5.32 Å². The van der Waals surface area contributed by atoms with Gasteiger partial charge in [0.05, 0.1) is 13.2 Å². The average molecular weight is 211 g/mol. The molecule has 5 nitrogen and oxygen atoms in total. The lowest BCUT2D eigenvalue weighted by atomic mass is 10.3. The van der Waals surface area contributed by atoms with Gasteiger partial charge in [0.1, 0.15) is 0 Å². The lowest BCUT2D eigenvalue weighted by Crippen LogP contribution is -2.18. The summed E-state index contributed by atoms with van der Waals surface area (Å²) in [5.41, 5.74) is 0. The van der Waals surface area contributed by atoms with E-state index in [9.17, 15) is 0 Å². The first-order valence-electron chi connectivity index (χ1n) is 5.39. The van der Waals surface area contributed by atoms with Crippen molar-refractivity contribution in [1.29, 1.82) is 0 Å². The normalized spacial score (nSPS) is 15.8. The number of methoxy groups -OCH3 is 1. The summed E-state index contributed by atoms with van der Waals surface area (Å²) >= 11 is 0. The zero-order valence-corrected chi connectivity index (χ0v) is 9.03. The Morgan fingerprint density at radius 1 is 1.53 bits per heavy atom. The summed E-state index contributed by atoms with van der Waals surface area (Å²) in [6, 6.07) is 0. The molecule has 5 heteroatoms. The molecule has 1 saturated carbocycles. The summed E-state index contributed by atoms with van der Waals surface area (Å²) in [6.07, 6.45) is 3.60. The summed E-state index contributed by atoms with van der Waals surface area (Å²) in [4.78, 5) is 4.31. The Hall–Kier alpha value is -0.940. The minimum absolute atomic E-state index is 0.626. The molecule has 0 aromatic carbocycles. The lowest BCUT2D eigenvalue weighted by Gasteiger charge is -1.98. The van der Waals surface area contributed by atoms with Crippen molar-refractivity contribution in [2.75, 3.05) is 20.3 Å². The van der Waals surface area contributed by atoms with Gasteiger partial charge in [0, 0.05) is 20.1 Å². The number of aromatic nitrogens is 2. The molecule has 1 aliphatic rings. The first-order chi connectivity index (χ1) is 7.38. The molecule has 1 aliphatic carbocycles. The number of hydrogen-bond donors (Lipinski definition) is 1. The zero-order chi connectivity index (χ0) is 10.5. The molecule has 0 atom stereocenters. The number of hydrogen-bond acceptors (Lipinski definition) is 5. The molecule has 1 heterocycles. The Labute approximate surface area is 89.2 Å². The van der Waals surface area contributed by atoms with Crippen LogP contribution in [0.25, 0.3) is 0 Å². The SMILES string of the molecule is COCCNCc1nc(CC2CC2)no1. The van der Waals surface area contributed by atoms with Gasteiger partial charge < -0.3 is 14.6 Å². The maximum Gasteiger partial charge on any atom is 0.240 e. The van der Waals surface area contributed by atoms with Gasteiger partial charge in [-0.25, -0.2) is 0 Å². The third kappa shape index (κ3) is 3.60. The van der Waals surface area contributed by atoms with Crippen LogP contribution >= 0.6 is 0 Å². The van der Waals surface area contributed by atoms with E-state index in [0.29, 0.717) is 19.0 Å². The maximum absolute atomic E-state index is 5.11. The zero-order valence-electron chi connectivity index (χ0n) is 9.03. The van der Waals surface area contributed by atoms with Crippen LogP contribution in [0.15, 0.2) is 4.52 Å². The van der Waals surface area contributed by atoms with Crippen LogP contribution in [0.1, 0.15) is 24.6 Å². The second kappa shape index (κ2) is 5.23. The predicted octanol–water partition coefficient (Wildman–Crippen LogP) is 0.758. The van der Waals surface area contributed by atoms with Crippen molar-refractivity contribution >= 4 is 0 Å². The van der Waals surface area contributed by atoms with E-state index in [2.05, 4.69) is 15.5 Å². The van der Waals surface area contributed by atoms with Crippen LogP contribution in [-0.2, 0) is 17.7 Å². The quantitative estimate of drug-likeness (QED) is 0.675. The topological polar surface area (TPSA) is 60.2 Å². The third-order valence-corrected chi connectivity index (χ3v) is 2.44. The smallest absolute Gasteiger partial charge is 0.240 e. The second-order valence-corrected chi connectivity index (χ2v) is 3.92. The van der Waals surface area contributed by atoms with Crippen LogP contribution in [0.3, 0.4) is 0 Å². The van der Waals surface area contributed by atoms with Gasteiger partial charge >= 0.3 is 0 Å². The standard InChI is InChI=1S/C10H17N3O2/c1-14-5-4-11-7-10-12-9(13-15-10)6-8-2-3-8/h8,11H,2-7H2,1H3. The van der Waals surface area contributed by atoms with Crippen LogP contribution in [0, 0.1) is 5.92 Å². The van der Waals surface area contributed by atoms with E-state index in [0.717, 1.165) is 24.7 Å². The monoisotopic (exact) mass is 211 g/mol. The van der Waals surface area contributed by atoms with Crippen LogP contribution in [0.4, 0.5) is 0 Å². The van der Waals surface area contributed by atoms with Crippen molar-refractivity contribution in [3.63, 3.8) is 0 Å². The van der Waals surface area contributed by atoms with E-state index >= 15 is 0 Å². The van der Waals surface area contributed by atoms with Gasteiger partial charge in [-0.15, -0.1) is 0 Å². The van der Waals surface area contributed by atoms with Gasteiger partial charge in [-0.3, -0.25) is 0 Å². The van der Waals surface area contributed by atoms with Crippen molar-refractivity contribution < 1.29 is 9.26 Å². The molecule has 0 spiro atoms. The van der Waals surface area contributed by atoms with Crippen molar-refractivity contribution in [2.45, 2.75) is 25.8 Å². The molecular weight excluding hydrogens is 194 g/mol. The van der Waals surface area contributed by atoms with Gasteiger partial charge in [0.2, 0.25) is 5.89 Å². The van der Waals surface area contributed by atoms with Crippen LogP contribution in [0.2, 0.25) is 0 Å². The average Bonchev–Trinajstić information content (AvgIpc) is 2.93. The summed E-state index contributed by atoms with van der Waals surface area (Å²) in [5.74, 6) is 2.32. The summed E-state index contributed by atoms with van der Waals surface area (Å²) < 4.78 is 10.0. The minimum atomic E-state index is 0.626. The van der Waals surface area contributed by atoms with E-state index < -0.39 is 0 Å². The molecule has 1 N–H and O–H groups in total. The predicted molar refractivity (Wildman–Crippen MR) is 54.3 cm³/mol. The highest BCUT2D eigenvalue weighted by Gasteiger charge is 2.23. The van der Waals surface area contributed by atoms with E-state index in [1.807, 2.05) is 0 Å². The Kier molecular flexibility index (Phi) is 3.69. The fourth-order valence-electron chi connectivity index (χ4n) is 1.39. The molecule has 1 aromatic heterocycles. The number of nitrogens with zero attached hydrogens (tertiary/aromatic N) is 2. The highest BCUT2D eigenvalue weighted by atomic mass is 16.5. The van der Waals surface area contributed by atoms with E-state index in [-0.39, 0.29) is 0 Å². The van der Waals surface area contributed by atoms with E-state index in [4.69, 9.17) is 9.26 Å². The Morgan fingerprint density at radius 3 is 3.13 bits per heavy atom. The number of rotatable bonds is 7. The van der Waals surface area contributed by atoms with Crippen molar-refractivity contribution in [3.05, 3.63) is 11.7 Å². The maximum atomic E-state index is 5.11. The molecule has 0 amide bonds. The van der Waals surface area contributed by atoms with Crippen molar-refractivity contribution in [3.8, 4) is 0 Å². The first kappa shape index (κ1) is 10.6. The van der Waals surface area contributed by atoms with Crippen molar-refractivity contribution in [2.24, 2.45) is 5.92 Å². The third-order valence-electron chi connectivity index (χ3n) is 2.44. The van der Waals surface area contributed by atoms with Crippen LogP contribution in [0.5, 0.6) is 0 Å². The van der Waals surface area contributed by atoms with Crippen molar-refractivity contribution in [1.82, 2.24) is 15.5 Å². The number of nitrogens with one attached hydrogen (secondary N) is 1. The van der Waals surface area contributed by atoms with Gasteiger partial charge in [0.15, 0.2) is 5.82 Å². The van der Waals surface area contributed by atoms with Gasteiger partial charge in [-0.05, 0) is 18.8 Å². The van der Waals surface area contributed by atoms with Gasteiger partial charge in [-0.1, -0.05) is 5.16 Å². The molecule has 0 radical (unpaired) electrons. The molecule has 15 heavy (non-hydrogen) atoms. The molecule has 2 rings (SSSR count). The van der Waals surface area contributed by atoms with Gasteiger partial charge in [0.25, 0.3) is 0 Å². The largest absolute Gasteiger partial charge is 0.383 e. The minimum Gasteiger partial charge on any atom is -0.383 e. The first-order valence-corrected chi connectivity index (χ1v) is 5.39. The molecule has 84 valence electrons. The fourth-order valence-corrected chi connectivity index (χ4v) is 1.39. The molecule has 1 aromatic rings. The summed E-state index contributed by atoms with van der Waals surface area (Å²) in [7, 11) is 1.68. The Balaban J connectivity index is 1.69. The molecule has 0 unspecified atom stereocenters. The number of ether oxygens (including phenoxy) is 1. The highest BCUT2D eigenvalue weighted by Crippen LogP contribution is 2.31. The second-order valence-electron chi connectivity index (χ2n) is 3.92. The summed E-state index contributed by atoms with van der Waals surface area (Å²) in [6.45, 7) is 2.13. The molecule has 0 bridgehead atoms.